The van der Waals surface area contributed by atoms with Crippen molar-refractivity contribution in [1.29, 1.82) is 0 Å². The monoisotopic (exact) mass is 476 g/mol. The van der Waals surface area contributed by atoms with E-state index in [4.69, 9.17) is 4.74 Å². The predicted octanol–water partition coefficient (Wildman–Crippen LogP) is 11.2. The highest BCUT2D eigenvalue weighted by Gasteiger charge is 2.37. The van der Waals surface area contributed by atoms with Crippen LogP contribution >= 0.6 is 0 Å². The molecule has 0 aromatic carbocycles. The lowest BCUT2D eigenvalue weighted by Gasteiger charge is -2.30. The number of hydrogen-bond donors (Lipinski definition) is 0. The summed E-state index contributed by atoms with van der Waals surface area (Å²) in [5.41, 5.74) is 1.33. The van der Waals surface area contributed by atoms with Gasteiger partial charge in [0.1, 0.15) is 11.7 Å². The molecule has 1 fully saturated rings. The zero-order valence-electron chi connectivity index (χ0n) is 23.6. The molecule has 1 saturated heterocycles. The van der Waals surface area contributed by atoms with E-state index < -0.39 is 0 Å². The molecule has 0 N–H and O–H groups in total. The summed E-state index contributed by atoms with van der Waals surface area (Å²) in [6.45, 7) is 6.76. The topological polar surface area (TPSA) is 26.3 Å². The van der Waals surface area contributed by atoms with Crippen LogP contribution in [0.5, 0.6) is 0 Å². The Morgan fingerprint density at radius 3 is 1.29 bits per heavy atom. The van der Waals surface area contributed by atoms with Gasteiger partial charge in [0.15, 0.2) is 0 Å². The molecule has 1 heterocycles. The summed E-state index contributed by atoms with van der Waals surface area (Å²) >= 11 is 0. The molecule has 34 heavy (non-hydrogen) atoms. The van der Waals surface area contributed by atoms with Crippen LogP contribution in [-0.4, -0.2) is 5.97 Å². The second-order valence-electron chi connectivity index (χ2n) is 11.1. The molecule has 2 heteroatoms. The van der Waals surface area contributed by atoms with Crippen LogP contribution in [0.3, 0.4) is 0 Å². The quantitative estimate of drug-likeness (QED) is 0.0967. The lowest BCUT2D eigenvalue weighted by Crippen LogP contribution is -2.33. The van der Waals surface area contributed by atoms with Crippen LogP contribution in [0, 0.1) is 5.92 Å². The summed E-state index contributed by atoms with van der Waals surface area (Å²) < 4.78 is 5.46. The second kappa shape index (κ2) is 22.7. The van der Waals surface area contributed by atoms with Crippen molar-refractivity contribution in [3.05, 3.63) is 11.3 Å². The highest BCUT2D eigenvalue weighted by Crippen LogP contribution is 2.35. The Labute approximate surface area is 214 Å². The van der Waals surface area contributed by atoms with Crippen molar-refractivity contribution >= 4 is 5.97 Å². The fraction of sp³-hybridized carbons (Fsp3) is 0.906. The Morgan fingerprint density at radius 2 is 0.912 bits per heavy atom. The molecule has 1 aliphatic heterocycles. The van der Waals surface area contributed by atoms with Gasteiger partial charge in [-0.25, -0.2) is 0 Å². The van der Waals surface area contributed by atoms with Crippen LogP contribution in [0.4, 0.5) is 0 Å². The molecule has 0 saturated carbocycles. The molecule has 0 bridgehead atoms. The molecule has 1 rings (SSSR count). The van der Waals surface area contributed by atoms with Gasteiger partial charge < -0.3 is 4.74 Å². The zero-order valence-corrected chi connectivity index (χ0v) is 23.6. The second-order valence-corrected chi connectivity index (χ2v) is 11.1. The summed E-state index contributed by atoms with van der Waals surface area (Å²) in [5, 5.41) is 0. The molecule has 1 aliphatic rings. The molecule has 0 aromatic rings. The molecule has 200 valence electrons. The maximum absolute atomic E-state index is 12.0. The van der Waals surface area contributed by atoms with Crippen molar-refractivity contribution in [2.24, 2.45) is 5.92 Å². The third-order valence-corrected chi connectivity index (χ3v) is 7.73. The van der Waals surface area contributed by atoms with Crippen LogP contribution in [-0.2, 0) is 9.53 Å². The van der Waals surface area contributed by atoms with E-state index in [0.29, 0.717) is 0 Å². The van der Waals surface area contributed by atoms with Crippen LogP contribution in [0.2, 0.25) is 0 Å². The van der Waals surface area contributed by atoms with E-state index in [2.05, 4.69) is 20.8 Å². The van der Waals surface area contributed by atoms with E-state index in [0.717, 1.165) is 18.6 Å². The highest BCUT2D eigenvalue weighted by molar-refractivity contribution is 5.83. The van der Waals surface area contributed by atoms with Gasteiger partial charge in [0.25, 0.3) is 0 Å². The minimum Gasteiger partial charge on any atom is -0.430 e. The number of ether oxygens (including phenoxy) is 1. The third kappa shape index (κ3) is 16.0. The Balaban J connectivity index is 1.98. The Bertz CT molecular complexity index is 507. The normalized spacial score (nSPS) is 17.0. The largest absolute Gasteiger partial charge is 0.430 e. The maximum atomic E-state index is 12.0. The first-order valence-electron chi connectivity index (χ1n) is 15.6. The van der Waals surface area contributed by atoms with E-state index in [1.54, 1.807) is 0 Å². The smallest absolute Gasteiger partial charge is 0.321 e. The molecule has 0 radical (unpaired) electrons. The number of carbonyl (C=O) groups excluding carboxylic acids is 1. The lowest BCUT2D eigenvalue weighted by atomic mass is 9.90. The fourth-order valence-electron chi connectivity index (χ4n) is 5.30. The molecular weight excluding hydrogens is 416 g/mol. The van der Waals surface area contributed by atoms with Gasteiger partial charge in [-0.1, -0.05) is 155 Å². The number of carbonyl (C=O) groups is 1. The molecule has 0 aromatic heterocycles. The van der Waals surface area contributed by atoms with Crippen molar-refractivity contribution in [2.75, 3.05) is 0 Å². The van der Waals surface area contributed by atoms with Crippen LogP contribution in [0.1, 0.15) is 181 Å². The van der Waals surface area contributed by atoms with Crippen molar-refractivity contribution in [3.63, 3.8) is 0 Å². The number of rotatable bonds is 25. The van der Waals surface area contributed by atoms with Gasteiger partial charge in [-0.05, 0) is 31.8 Å². The van der Waals surface area contributed by atoms with Gasteiger partial charge >= 0.3 is 5.97 Å². The lowest BCUT2D eigenvalue weighted by molar-refractivity contribution is -0.157. The first kappa shape index (κ1) is 31.2. The Morgan fingerprint density at radius 1 is 0.559 bits per heavy atom. The van der Waals surface area contributed by atoms with Crippen molar-refractivity contribution in [3.8, 4) is 0 Å². The van der Waals surface area contributed by atoms with Gasteiger partial charge in [-0.3, -0.25) is 4.79 Å². The number of allylic oxidation sites excluding steroid dienone is 1. The number of unbranched alkanes of at least 4 members (excludes halogenated alkanes) is 21. The van der Waals surface area contributed by atoms with E-state index in [9.17, 15) is 4.79 Å². The average Bonchev–Trinajstić information content (AvgIpc) is 2.83. The van der Waals surface area contributed by atoms with Crippen molar-refractivity contribution < 1.29 is 9.53 Å². The van der Waals surface area contributed by atoms with Gasteiger partial charge in [-0.15, -0.1) is 0 Å². The molecule has 0 spiro atoms. The first-order valence-corrected chi connectivity index (χ1v) is 15.6. The molecule has 0 amide bonds. The van der Waals surface area contributed by atoms with Gasteiger partial charge in [0, 0.05) is 0 Å². The molecule has 2 nitrogen and oxygen atoms in total. The summed E-state index contributed by atoms with van der Waals surface area (Å²) in [4.78, 5) is 12.0. The number of esters is 1. The minimum absolute atomic E-state index is 0.0244. The SMILES string of the molecule is CCCCCCCCCCCCCCC1C(=O)O/C1=C(/C)CCCCCCCCCCCCC. The van der Waals surface area contributed by atoms with E-state index in [1.165, 1.54) is 153 Å². The predicted molar refractivity (Wildman–Crippen MR) is 149 cm³/mol. The summed E-state index contributed by atoms with van der Waals surface area (Å²) in [6, 6.07) is 0. The van der Waals surface area contributed by atoms with E-state index in [1.807, 2.05) is 0 Å². The summed E-state index contributed by atoms with van der Waals surface area (Å²) in [6.07, 6.45) is 33.7. The first-order chi connectivity index (χ1) is 16.7. The van der Waals surface area contributed by atoms with Gasteiger partial charge in [0.2, 0.25) is 0 Å². The van der Waals surface area contributed by atoms with Gasteiger partial charge in [-0.2, -0.15) is 0 Å². The Kier molecular flexibility index (Phi) is 20.8. The zero-order chi connectivity index (χ0) is 24.7. The summed E-state index contributed by atoms with van der Waals surface area (Å²) in [5.74, 6) is 1.13. The molecular formula is C32H60O2. The van der Waals surface area contributed by atoms with Crippen LogP contribution < -0.4 is 0 Å². The Hall–Kier alpha value is -0.790. The van der Waals surface area contributed by atoms with E-state index in [-0.39, 0.29) is 11.9 Å². The highest BCUT2D eigenvalue weighted by atomic mass is 16.6. The average molecular weight is 477 g/mol. The van der Waals surface area contributed by atoms with Crippen molar-refractivity contribution in [1.82, 2.24) is 0 Å². The minimum atomic E-state index is 0.0244. The van der Waals surface area contributed by atoms with Gasteiger partial charge in [0.05, 0.1) is 0 Å². The fourth-order valence-corrected chi connectivity index (χ4v) is 5.30. The number of hydrogen-bond acceptors (Lipinski definition) is 2. The third-order valence-electron chi connectivity index (χ3n) is 7.73. The summed E-state index contributed by atoms with van der Waals surface area (Å²) in [7, 11) is 0. The molecule has 1 unspecified atom stereocenters. The van der Waals surface area contributed by atoms with E-state index >= 15 is 0 Å². The van der Waals surface area contributed by atoms with Crippen LogP contribution in [0.15, 0.2) is 11.3 Å². The molecule has 1 atom stereocenters. The maximum Gasteiger partial charge on any atom is 0.321 e. The molecule has 0 aliphatic carbocycles. The number of cyclic esters (lactones) is 1. The van der Waals surface area contributed by atoms with Crippen LogP contribution in [0.25, 0.3) is 0 Å². The standard InChI is InChI=1S/C32H60O2/c1-4-6-8-10-12-14-16-18-20-22-24-26-28-30-31(34-32(30)33)29(3)27-25-23-21-19-17-15-13-11-9-7-5-2/h30H,4-28H2,1-3H3/b31-29-. The van der Waals surface area contributed by atoms with Crippen molar-refractivity contribution in [2.45, 2.75) is 181 Å².